The van der Waals surface area contributed by atoms with Crippen LogP contribution in [0.5, 0.6) is 0 Å². The minimum Gasteiger partial charge on any atom is -0.315 e. The van der Waals surface area contributed by atoms with Gasteiger partial charge in [0.1, 0.15) is 0 Å². The van der Waals surface area contributed by atoms with Crippen LogP contribution in [0.2, 0.25) is 0 Å². The zero-order valence-electron chi connectivity index (χ0n) is 5.53. The molecule has 0 aromatic carbocycles. The van der Waals surface area contributed by atoms with Crippen LogP contribution in [0.4, 0.5) is 8.78 Å². The molecule has 2 nitrogen and oxygen atoms in total. The van der Waals surface area contributed by atoms with Crippen LogP contribution in [0.25, 0.3) is 0 Å². The van der Waals surface area contributed by atoms with Crippen LogP contribution in [0, 0.1) is 5.92 Å². The Labute approximate surface area is 58.0 Å². The van der Waals surface area contributed by atoms with Gasteiger partial charge in [-0.05, 0) is 0 Å². The summed E-state index contributed by atoms with van der Waals surface area (Å²) in [6, 6.07) is 0.00926. The van der Waals surface area contributed by atoms with Crippen molar-refractivity contribution >= 4 is 0 Å². The smallest absolute Gasteiger partial charge is 0.265 e. The highest BCUT2D eigenvalue weighted by Gasteiger charge is 2.51. The number of fused-ring (bicyclic) bond motifs is 1. The SMILES string of the molecule is FC1(F)CNC2CNCC21. The quantitative estimate of drug-likeness (QED) is 0.497. The molecule has 2 saturated heterocycles. The molecule has 0 spiro atoms. The van der Waals surface area contributed by atoms with E-state index in [1.54, 1.807) is 0 Å². The molecule has 2 aliphatic rings. The lowest BCUT2D eigenvalue weighted by Crippen LogP contribution is -2.30. The highest BCUT2D eigenvalue weighted by molar-refractivity contribution is 5.01. The minimum absolute atomic E-state index is 0.00926. The number of hydrogen-bond acceptors (Lipinski definition) is 2. The van der Waals surface area contributed by atoms with Crippen molar-refractivity contribution in [1.82, 2.24) is 10.6 Å². The van der Waals surface area contributed by atoms with Gasteiger partial charge in [0.25, 0.3) is 5.92 Å². The zero-order chi connectivity index (χ0) is 7.19. The molecule has 2 fully saturated rings. The molecule has 4 heteroatoms. The van der Waals surface area contributed by atoms with Gasteiger partial charge in [-0.1, -0.05) is 0 Å². The molecule has 0 amide bonds. The monoisotopic (exact) mass is 148 g/mol. The van der Waals surface area contributed by atoms with Gasteiger partial charge in [-0.15, -0.1) is 0 Å². The van der Waals surface area contributed by atoms with Crippen LogP contribution >= 0.6 is 0 Å². The maximum atomic E-state index is 12.8. The Morgan fingerprint density at radius 2 is 2.10 bits per heavy atom. The summed E-state index contributed by atoms with van der Waals surface area (Å²) in [5.74, 6) is -2.94. The molecule has 0 aromatic heterocycles. The Kier molecular flexibility index (Phi) is 1.22. The summed E-state index contributed by atoms with van der Waals surface area (Å²) >= 11 is 0. The molecule has 0 aliphatic carbocycles. The van der Waals surface area contributed by atoms with Gasteiger partial charge in [0.15, 0.2) is 0 Å². The van der Waals surface area contributed by atoms with Crippen molar-refractivity contribution in [2.45, 2.75) is 12.0 Å². The molecule has 0 aromatic rings. The van der Waals surface area contributed by atoms with Crippen LogP contribution in [0.1, 0.15) is 0 Å². The predicted molar refractivity (Wildman–Crippen MR) is 33.1 cm³/mol. The van der Waals surface area contributed by atoms with E-state index < -0.39 is 11.8 Å². The third-order valence-corrected chi connectivity index (χ3v) is 2.36. The first kappa shape index (κ1) is 6.49. The lowest BCUT2D eigenvalue weighted by atomic mass is 10.0. The van der Waals surface area contributed by atoms with Crippen LogP contribution < -0.4 is 10.6 Å². The van der Waals surface area contributed by atoms with E-state index in [9.17, 15) is 8.78 Å². The number of hydrogen-bond donors (Lipinski definition) is 2. The predicted octanol–water partition coefficient (Wildman–Crippen LogP) is -0.187. The third-order valence-electron chi connectivity index (χ3n) is 2.36. The summed E-state index contributed by atoms with van der Waals surface area (Å²) < 4.78 is 25.6. The van der Waals surface area contributed by atoms with Crippen molar-refractivity contribution in [3.05, 3.63) is 0 Å². The largest absolute Gasteiger partial charge is 0.315 e. The molecular weight excluding hydrogens is 138 g/mol. The standard InChI is InChI=1S/C6H10F2N2/c7-6(8)3-10-5-2-9-1-4(5)6/h4-5,9-10H,1-3H2. The normalized spacial score (nSPS) is 43.8. The van der Waals surface area contributed by atoms with E-state index in [2.05, 4.69) is 10.6 Å². The lowest BCUT2D eigenvalue weighted by Gasteiger charge is -2.14. The van der Waals surface area contributed by atoms with Crippen molar-refractivity contribution in [1.29, 1.82) is 0 Å². The number of rotatable bonds is 0. The van der Waals surface area contributed by atoms with Crippen molar-refractivity contribution < 1.29 is 8.78 Å². The molecule has 10 heavy (non-hydrogen) atoms. The van der Waals surface area contributed by atoms with Crippen molar-refractivity contribution in [3.8, 4) is 0 Å². The Morgan fingerprint density at radius 3 is 2.80 bits per heavy atom. The van der Waals surface area contributed by atoms with Crippen molar-refractivity contribution in [3.63, 3.8) is 0 Å². The van der Waals surface area contributed by atoms with E-state index in [1.165, 1.54) is 0 Å². The van der Waals surface area contributed by atoms with Crippen LogP contribution in [-0.2, 0) is 0 Å². The van der Waals surface area contributed by atoms with E-state index in [0.29, 0.717) is 13.1 Å². The first-order valence-corrected chi connectivity index (χ1v) is 3.52. The average molecular weight is 148 g/mol. The molecule has 0 saturated carbocycles. The average Bonchev–Trinajstić information content (AvgIpc) is 2.36. The first-order chi connectivity index (χ1) is 4.70. The topological polar surface area (TPSA) is 24.1 Å². The Bertz CT molecular complexity index is 149. The van der Waals surface area contributed by atoms with Crippen LogP contribution in [0.15, 0.2) is 0 Å². The zero-order valence-corrected chi connectivity index (χ0v) is 5.53. The van der Waals surface area contributed by atoms with Gasteiger partial charge in [0, 0.05) is 19.1 Å². The highest BCUT2D eigenvalue weighted by atomic mass is 19.3. The molecule has 0 bridgehead atoms. The third kappa shape index (κ3) is 0.754. The van der Waals surface area contributed by atoms with Crippen LogP contribution in [0.3, 0.4) is 0 Å². The molecule has 2 rings (SSSR count). The molecule has 0 radical (unpaired) electrons. The molecule has 2 atom stereocenters. The van der Waals surface area contributed by atoms with Gasteiger partial charge in [-0.3, -0.25) is 0 Å². The molecule has 2 N–H and O–H groups in total. The van der Waals surface area contributed by atoms with E-state index in [-0.39, 0.29) is 12.6 Å². The van der Waals surface area contributed by atoms with Gasteiger partial charge in [-0.2, -0.15) is 0 Å². The minimum atomic E-state index is -2.48. The number of nitrogens with one attached hydrogen (secondary N) is 2. The van der Waals surface area contributed by atoms with E-state index in [0.717, 1.165) is 0 Å². The maximum absolute atomic E-state index is 12.8. The summed E-state index contributed by atoms with van der Waals surface area (Å²) in [5.41, 5.74) is 0. The Morgan fingerprint density at radius 1 is 1.30 bits per heavy atom. The lowest BCUT2D eigenvalue weighted by molar-refractivity contribution is -0.0192. The first-order valence-electron chi connectivity index (χ1n) is 3.52. The fourth-order valence-corrected chi connectivity index (χ4v) is 1.74. The van der Waals surface area contributed by atoms with E-state index in [4.69, 9.17) is 0 Å². The van der Waals surface area contributed by atoms with Crippen molar-refractivity contribution in [2.75, 3.05) is 19.6 Å². The Hall–Kier alpha value is -0.220. The van der Waals surface area contributed by atoms with Gasteiger partial charge in [-0.25, -0.2) is 8.78 Å². The Balaban J connectivity index is 2.16. The fraction of sp³-hybridized carbons (Fsp3) is 1.00. The van der Waals surface area contributed by atoms with Gasteiger partial charge in [0.05, 0.1) is 12.5 Å². The molecular formula is C6H10F2N2. The molecule has 2 heterocycles. The highest BCUT2D eigenvalue weighted by Crippen LogP contribution is 2.33. The number of alkyl halides is 2. The summed E-state index contributed by atoms with van der Waals surface area (Å²) in [7, 11) is 0. The van der Waals surface area contributed by atoms with Crippen LogP contribution in [-0.4, -0.2) is 31.6 Å². The summed E-state index contributed by atoms with van der Waals surface area (Å²) in [6.45, 7) is 1.02. The molecule has 58 valence electrons. The summed E-state index contributed by atoms with van der Waals surface area (Å²) in [4.78, 5) is 0. The number of halogens is 2. The summed E-state index contributed by atoms with van der Waals surface area (Å²) in [6.07, 6.45) is 0. The van der Waals surface area contributed by atoms with E-state index >= 15 is 0 Å². The second-order valence-corrected chi connectivity index (χ2v) is 3.01. The van der Waals surface area contributed by atoms with Crippen molar-refractivity contribution in [2.24, 2.45) is 5.92 Å². The summed E-state index contributed by atoms with van der Waals surface area (Å²) in [5, 5.41) is 5.73. The second-order valence-electron chi connectivity index (χ2n) is 3.01. The van der Waals surface area contributed by atoms with Gasteiger partial charge in [0.2, 0.25) is 0 Å². The molecule has 2 aliphatic heterocycles. The fourth-order valence-electron chi connectivity index (χ4n) is 1.74. The van der Waals surface area contributed by atoms with E-state index in [1.807, 2.05) is 0 Å². The molecule has 2 unspecified atom stereocenters. The maximum Gasteiger partial charge on any atom is 0.265 e. The van der Waals surface area contributed by atoms with Gasteiger partial charge < -0.3 is 10.6 Å². The second kappa shape index (κ2) is 1.89. The van der Waals surface area contributed by atoms with Gasteiger partial charge >= 0.3 is 0 Å².